The van der Waals surface area contributed by atoms with Gasteiger partial charge in [0.1, 0.15) is 0 Å². The molecule has 1 aromatic rings. The van der Waals surface area contributed by atoms with Crippen LogP contribution in [0.4, 0.5) is 5.69 Å². The minimum Gasteiger partial charge on any atom is -0.399 e. The van der Waals surface area contributed by atoms with Crippen LogP contribution in [0.3, 0.4) is 0 Å². The van der Waals surface area contributed by atoms with Crippen molar-refractivity contribution in [1.82, 2.24) is 5.48 Å². The van der Waals surface area contributed by atoms with E-state index in [4.69, 9.17) is 11.5 Å². The number of nitrogens with one attached hydrogen (secondary N) is 1. The van der Waals surface area contributed by atoms with Gasteiger partial charge in [0.05, 0.1) is 5.41 Å². The molecule has 0 radical (unpaired) electrons. The van der Waals surface area contributed by atoms with Crippen LogP contribution in [0.5, 0.6) is 0 Å². The average molecular weight is 251 g/mol. The van der Waals surface area contributed by atoms with E-state index in [9.17, 15) is 9.59 Å². The molecule has 0 bridgehead atoms. The third-order valence-electron chi connectivity index (χ3n) is 2.58. The molecular formula is C12H17N3O3. The zero-order valence-electron chi connectivity index (χ0n) is 10.4. The highest BCUT2D eigenvalue weighted by Crippen LogP contribution is 2.24. The molecule has 1 rings (SSSR count). The second-order valence-electron chi connectivity index (χ2n) is 4.43. The third-order valence-corrected chi connectivity index (χ3v) is 2.58. The molecule has 0 atom stereocenters. The maximum absolute atomic E-state index is 11.9. The zero-order valence-corrected chi connectivity index (χ0v) is 10.4. The molecule has 0 aromatic heterocycles. The average Bonchev–Trinajstić information content (AvgIpc) is 2.28. The van der Waals surface area contributed by atoms with Gasteiger partial charge in [0.15, 0.2) is 6.61 Å². The highest BCUT2D eigenvalue weighted by atomic mass is 16.7. The number of hydrogen-bond donors (Lipinski definition) is 3. The van der Waals surface area contributed by atoms with Crippen molar-refractivity contribution in [2.75, 3.05) is 12.3 Å². The predicted molar refractivity (Wildman–Crippen MR) is 67.2 cm³/mol. The standard InChI is InChI=1S/C12H17N3O3/c1-12(2,8-3-5-9(13)6-4-8)11(17)15-18-7-10(14)16/h3-6H,7,13H2,1-2H3,(H2,14,16)(H,15,17). The van der Waals surface area contributed by atoms with Gasteiger partial charge < -0.3 is 11.5 Å². The maximum Gasteiger partial charge on any atom is 0.253 e. The first-order valence-electron chi connectivity index (χ1n) is 5.40. The lowest BCUT2D eigenvalue weighted by molar-refractivity contribution is -0.141. The van der Waals surface area contributed by atoms with E-state index in [-0.39, 0.29) is 12.5 Å². The van der Waals surface area contributed by atoms with Gasteiger partial charge in [0.25, 0.3) is 5.91 Å². The van der Waals surface area contributed by atoms with Crippen LogP contribution < -0.4 is 16.9 Å². The molecule has 0 fully saturated rings. The molecule has 0 saturated carbocycles. The van der Waals surface area contributed by atoms with E-state index in [0.717, 1.165) is 5.56 Å². The zero-order chi connectivity index (χ0) is 13.8. The van der Waals surface area contributed by atoms with Gasteiger partial charge in [-0.1, -0.05) is 12.1 Å². The molecule has 0 aliphatic heterocycles. The van der Waals surface area contributed by atoms with Crippen molar-refractivity contribution in [2.45, 2.75) is 19.3 Å². The Hall–Kier alpha value is -2.08. The minimum atomic E-state index is -0.800. The van der Waals surface area contributed by atoms with Crippen molar-refractivity contribution in [2.24, 2.45) is 5.73 Å². The van der Waals surface area contributed by atoms with Crippen LogP contribution >= 0.6 is 0 Å². The number of carbonyl (C=O) groups excluding carboxylic acids is 2. The first-order chi connectivity index (χ1) is 8.34. The molecule has 0 aliphatic rings. The predicted octanol–water partition coefficient (Wildman–Crippen LogP) is 0.0795. The van der Waals surface area contributed by atoms with Crippen molar-refractivity contribution in [1.29, 1.82) is 0 Å². The molecule has 5 N–H and O–H groups in total. The summed E-state index contributed by atoms with van der Waals surface area (Å²) >= 11 is 0. The highest BCUT2D eigenvalue weighted by molar-refractivity contribution is 5.86. The fraction of sp³-hybridized carbons (Fsp3) is 0.333. The summed E-state index contributed by atoms with van der Waals surface area (Å²) in [5.74, 6) is -1.02. The summed E-state index contributed by atoms with van der Waals surface area (Å²) in [6.07, 6.45) is 0. The molecule has 0 heterocycles. The molecule has 2 amide bonds. The van der Waals surface area contributed by atoms with Gasteiger partial charge >= 0.3 is 0 Å². The second-order valence-corrected chi connectivity index (χ2v) is 4.43. The number of carbonyl (C=O) groups is 2. The molecule has 0 saturated heterocycles. The Morgan fingerprint density at radius 3 is 2.33 bits per heavy atom. The summed E-state index contributed by atoms with van der Waals surface area (Å²) < 4.78 is 0. The van der Waals surface area contributed by atoms with Gasteiger partial charge in [-0.3, -0.25) is 14.4 Å². The van der Waals surface area contributed by atoms with Gasteiger partial charge in [-0.15, -0.1) is 0 Å². The fourth-order valence-corrected chi connectivity index (χ4v) is 1.33. The van der Waals surface area contributed by atoms with Gasteiger partial charge in [-0.2, -0.15) is 0 Å². The Labute approximate surface area is 105 Å². The van der Waals surface area contributed by atoms with Crippen molar-refractivity contribution in [3.05, 3.63) is 29.8 Å². The number of benzene rings is 1. The lowest BCUT2D eigenvalue weighted by Crippen LogP contribution is -2.41. The molecule has 0 aliphatic carbocycles. The maximum atomic E-state index is 11.9. The first kappa shape index (κ1) is 14.0. The number of anilines is 1. The number of rotatable bonds is 5. The summed E-state index contributed by atoms with van der Waals surface area (Å²) in [6, 6.07) is 6.97. The van der Waals surface area contributed by atoms with Crippen LogP contribution in [0.2, 0.25) is 0 Å². The first-order valence-corrected chi connectivity index (χ1v) is 5.40. The van der Waals surface area contributed by atoms with Crippen molar-refractivity contribution in [3.63, 3.8) is 0 Å². The van der Waals surface area contributed by atoms with E-state index in [2.05, 4.69) is 10.3 Å². The molecule has 1 aromatic carbocycles. The number of primary amides is 1. The molecule has 18 heavy (non-hydrogen) atoms. The van der Waals surface area contributed by atoms with Crippen molar-refractivity contribution >= 4 is 17.5 Å². The Kier molecular flexibility index (Phi) is 4.28. The molecule has 0 spiro atoms. The Morgan fingerprint density at radius 2 is 1.83 bits per heavy atom. The topological polar surface area (TPSA) is 107 Å². The summed E-state index contributed by atoms with van der Waals surface area (Å²) in [5.41, 5.74) is 13.3. The van der Waals surface area contributed by atoms with Crippen LogP contribution in [-0.2, 0) is 19.8 Å². The van der Waals surface area contributed by atoms with E-state index < -0.39 is 11.3 Å². The largest absolute Gasteiger partial charge is 0.399 e. The van der Waals surface area contributed by atoms with E-state index in [1.165, 1.54) is 0 Å². The van der Waals surface area contributed by atoms with Crippen LogP contribution in [0.1, 0.15) is 19.4 Å². The molecule has 6 nitrogen and oxygen atoms in total. The molecule has 98 valence electrons. The van der Waals surface area contributed by atoms with Gasteiger partial charge in [-0.05, 0) is 31.5 Å². The normalized spacial score (nSPS) is 11.0. The van der Waals surface area contributed by atoms with Crippen molar-refractivity contribution < 1.29 is 14.4 Å². The Balaban J connectivity index is 2.70. The highest BCUT2D eigenvalue weighted by Gasteiger charge is 2.30. The molecule has 6 heteroatoms. The van der Waals surface area contributed by atoms with Gasteiger partial charge in [0, 0.05) is 5.69 Å². The fourth-order valence-electron chi connectivity index (χ4n) is 1.33. The Bertz CT molecular complexity index is 440. The SMILES string of the molecule is CC(C)(C(=O)NOCC(N)=O)c1ccc(N)cc1. The number of amides is 2. The molecule has 0 unspecified atom stereocenters. The van der Waals surface area contributed by atoms with E-state index in [1.807, 2.05) is 0 Å². The Morgan fingerprint density at radius 1 is 1.28 bits per heavy atom. The third kappa shape index (κ3) is 3.46. The van der Waals surface area contributed by atoms with E-state index in [0.29, 0.717) is 5.69 Å². The lowest BCUT2D eigenvalue weighted by Gasteiger charge is -2.23. The van der Waals surface area contributed by atoms with E-state index >= 15 is 0 Å². The number of hydroxylamine groups is 1. The molecular weight excluding hydrogens is 234 g/mol. The van der Waals surface area contributed by atoms with Crippen LogP contribution in [0.25, 0.3) is 0 Å². The lowest BCUT2D eigenvalue weighted by atomic mass is 9.84. The summed E-state index contributed by atoms with van der Waals surface area (Å²) in [7, 11) is 0. The second kappa shape index (κ2) is 5.50. The van der Waals surface area contributed by atoms with Crippen LogP contribution in [0.15, 0.2) is 24.3 Å². The number of hydrogen-bond acceptors (Lipinski definition) is 4. The van der Waals surface area contributed by atoms with Gasteiger partial charge in [-0.25, -0.2) is 5.48 Å². The summed E-state index contributed by atoms with van der Waals surface area (Å²) in [5, 5.41) is 0. The quantitative estimate of drug-likeness (QED) is 0.508. The number of nitrogen functional groups attached to an aromatic ring is 1. The number of nitrogens with two attached hydrogens (primary N) is 2. The van der Waals surface area contributed by atoms with Gasteiger partial charge in [0.2, 0.25) is 5.91 Å². The summed E-state index contributed by atoms with van der Waals surface area (Å²) in [6.45, 7) is 3.12. The summed E-state index contributed by atoms with van der Waals surface area (Å²) in [4.78, 5) is 27.1. The van der Waals surface area contributed by atoms with E-state index in [1.54, 1.807) is 38.1 Å². The monoisotopic (exact) mass is 251 g/mol. The minimum absolute atomic E-state index is 0.358. The van der Waals surface area contributed by atoms with Crippen LogP contribution in [0, 0.1) is 0 Å². The van der Waals surface area contributed by atoms with Crippen LogP contribution in [-0.4, -0.2) is 18.4 Å². The smallest absolute Gasteiger partial charge is 0.253 e. The van der Waals surface area contributed by atoms with Crippen molar-refractivity contribution in [3.8, 4) is 0 Å².